The van der Waals surface area contributed by atoms with Crippen molar-refractivity contribution in [3.8, 4) is 11.6 Å². The molecule has 1 saturated heterocycles. The summed E-state index contributed by atoms with van der Waals surface area (Å²) in [6, 6.07) is 10.8. The Morgan fingerprint density at radius 1 is 1.12 bits per heavy atom. The highest BCUT2D eigenvalue weighted by molar-refractivity contribution is 6.33. The summed E-state index contributed by atoms with van der Waals surface area (Å²) in [4.78, 5) is 46.9. The van der Waals surface area contributed by atoms with Gasteiger partial charge in [-0.05, 0) is 45.0 Å². The minimum atomic E-state index is -0.817. The van der Waals surface area contributed by atoms with Crippen LogP contribution in [0.3, 0.4) is 0 Å². The molecule has 2 amide bonds. The van der Waals surface area contributed by atoms with Crippen molar-refractivity contribution in [2.45, 2.75) is 26.4 Å². The Kier molecular flexibility index (Phi) is 8.24. The molecule has 1 aliphatic heterocycles. The monoisotopic (exact) mass is 569 g/mol. The number of carbonyl (C=O) groups is 2. The van der Waals surface area contributed by atoms with Crippen LogP contribution in [0.25, 0.3) is 0 Å². The van der Waals surface area contributed by atoms with Gasteiger partial charge in [0.1, 0.15) is 11.4 Å². The van der Waals surface area contributed by atoms with Crippen molar-refractivity contribution in [3.05, 3.63) is 69.5 Å². The molecule has 1 aliphatic rings. The number of piperazine rings is 1. The molecule has 0 spiro atoms. The van der Waals surface area contributed by atoms with E-state index in [2.05, 4.69) is 20.2 Å². The molecule has 0 unspecified atom stereocenters. The molecule has 2 aromatic carbocycles. The van der Waals surface area contributed by atoms with Gasteiger partial charge in [0, 0.05) is 37.9 Å². The van der Waals surface area contributed by atoms with Crippen LogP contribution >= 0.6 is 11.6 Å². The van der Waals surface area contributed by atoms with Gasteiger partial charge in [0.2, 0.25) is 5.88 Å². The van der Waals surface area contributed by atoms with Gasteiger partial charge in [-0.15, -0.1) is 0 Å². The van der Waals surface area contributed by atoms with Crippen LogP contribution in [0, 0.1) is 10.1 Å². The third-order valence-electron chi connectivity index (χ3n) is 5.72. The van der Waals surface area contributed by atoms with Crippen LogP contribution in [0.4, 0.5) is 27.7 Å². The van der Waals surface area contributed by atoms with Crippen LogP contribution in [0.1, 0.15) is 31.3 Å². The summed E-state index contributed by atoms with van der Waals surface area (Å²) >= 11 is 6.60. The Morgan fingerprint density at radius 3 is 2.48 bits per heavy atom. The molecule has 14 heteroatoms. The van der Waals surface area contributed by atoms with Gasteiger partial charge in [-0.3, -0.25) is 14.9 Å². The first-order valence-corrected chi connectivity index (χ1v) is 12.7. The Bertz CT molecular complexity index is 1440. The fourth-order valence-corrected chi connectivity index (χ4v) is 4.21. The highest BCUT2D eigenvalue weighted by Crippen LogP contribution is 2.32. The van der Waals surface area contributed by atoms with E-state index >= 15 is 0 Å². The summed E-state index contributed by atoms with van der Waals surface area (Å²) in [5.74, 6) is -0.647. The van der Waals surface area contributed by atoms with Gasteiger partial charge < -0.3 is 30.3 Å². The van der Waals surface area contributed by atoms with E-state index in [9.17, 15) is 19.7 Å². The number of carbonyl (C=O) groups excluding carboxylic acids is 2. The van der Waals surface area contributed by atoms with Crippen LogP contribution in [0.2, 0.25) is 5.02 Å². The summed E-state index contributed by atoms with van der Waals surface area (Å²) < 4.78 is 11.1. The number of ether oxygens (including phenoxy) is 2. The summed E-state index contributed by atoms with van der Waals surface area (Å²) in [7, 11) is 0. The van der Waals surface area contributed by atoms with E-state index in [0.717, 1.165) is 5.69 Å². The lowest BCUT2D eigenvalue weighted by Crippen LogP contribution is -2.50. The molecule has 210 valence electrons. The molecule has 0 bridgehead atoms. The lowest BCUT2D eigenvalue weighted by atomic mass is 10.2. The number of amides is 2. The highest BCUT2D eigenvalue weighted by Gasteiger charge is 2.26. The molecule has 4 rings (SSSR count). The van der Waals surface area contributed by atoms with Crippen LogP contribution in [0.15, 0.2) is 48.7 Å². The third kappa shape index (κ3) is 7.05. The van der Waals surface area contributed by atoms with Crippen molar-refractivity contribution < 1.29 is 24.0 Å². The predicted octanol–water partition coefficient (Wildman–Crippen LogP) is 4.73. The minimum Gasteiger partial charge on any atom is -0.444 e. The molecule has 1 aromatic heterocycles. The molecular weight excluding hydrogens is 542 g/mol. The Balaban J connectivity index is 1.47. The van der Waals surface area contributed by atoms with Crippen molar-refractivity contribution in [1.82, 2.24) is 14.9 Å². The molecule has 3 N–H and O–H groups in total. The number of anilines is 3. The molecule has 2 heterocycles. The molecule has 13 nitrogen and oxygen atoms in total. The fraction of sp³-hybridized carbons (Fsp3) is 0.308. The molecular formula is C26H28ClN7O6. The largest absolute Gasteiger partial charge is 0.444 e. The SMILES string of the molecule is CC(C)(C)OC(=O)N1CCN(c2ccc(Nc3nc(Oc4cccc([N+](=O)[O-])c4)cnc3C(N)=O)cc2Cl)CC1. The van der Waals surface area contributed by atoms with Crippen molar-refractivity contribution in [2.24, 2.45) is 5.73 Å². The van der Waals surface area contributed by atoms with Crippen LogP contribution in [-0.4, -0.2) is 63.6 Å². The van der Waals surface area contributed by atoms with Gasteiger partial charge in [0.05, 0.1) is 27.9 Å². The number of nitrogens with zero attached hydrogens (tertiary/aromatic N) is 5. The third-order valence-corrected chi connectivity index (χ3v) is 6.02. The van der Waals surface area contributed by atoms with Gasteiger partial charge in [0.15, 0.2) is 11.5 Å². The number of primary amides is 1. The molecule has 40 heavy (non-hydrogen) atoms. The Hall–Kier alpha value is -4.65. The van der Waals surface area contributed by atoms with Gasteiger partial charge in [-0.1, -0.05) is 17.7 Å². The average Bonchev–Trinajstić information content (AvgIpc) is 2.88. The normalized spacial score (nSPS) is 13.5. The number of rotatable bonds is 7. The smallest absolute Gasteiger partial charge is 0.410 e. The van der Waals surface area contributed by atoms with Crippen LogP contribution in [-0.2, 0) is 4.74 Å². The van der Waals surface area contributed by atoms with E-state index in [0.29, 0.717) is 36.9 Å². The first kappa shape index (κ1) is 28.4. The number of non-ortho nitro benzene ring substituents is 1. The van der Waals surface area contributed by atoms with Crippen LogP contribution in [0.5, 0.6) is 11.6 Å². The number of benzene rings is 2. The highest BCUT2D eigenvalue weighted by atomic mass is 35.5. The Labute approximate surface area is 235 Å². The lowest BCUT2D eigenvalue weighted by Gasteiger charge is -2.37. The average molecular weight is 570 g/mol. The number of hydrogen-bond acceptors (Lipinski definition) is 10. The lowest BCUT2D eigenvalue weighted by molar-refractivity contribution is -0.384. The Morgan fingerprint density at radius 2 is 1.85 bits per heavy atom. The maximum Gasteiger partial charge on any atom is 0.410 e. The summed E-state index contributed by atoms with van der Waals surface area (Å²) in [5.41, 5.74) is 5.91. The number of nitro benzene ring substituents is 1. The topological polar surface area (TPSA) is 166 Å². The van der Waals surface area contributed by atoms with Gasteiger partial charge in [-0.25, -0.2) is 9.78 Å². The van der Waals surface area contributed by atoms with Crippen LogP contribution < -0.4 is 20.7 Å². The minimum absolute atomic E-state index is 0.0152. The van der Waals surface area contributed by atoms with Gasteiger partial charge >= 0.3 is 6.09 Å². The number of nitrogens with two attached hydrogens (primary N) is 1. The number of hydrogen-bond donors (Lipinski definition) is 2. The van der Waals surface area contributed by atoms with Crippen molar-refractivity contribution >= 4 is 46.5 Å². The van der Waals surface area contributed by atoms with Gasteiger partial charge in [0.25, 0.3) is 11.6 Å². The van der Waals surface area contributed by atoms with E-state index < -0.39 is 16.4 Å². The van der Waals surface area contributed by atoms with E-state index in [4.69, 9.17) is 26.8 Å². The number of halogens is 1. The van der Waals surface area contributed by atoms with E-state index in [1.165, 1.54) is 30.5 Å². The summed E-state index contributed by atoms with van der Waals surface area (Å²) in [5, 5.41) is 14.5. The van der Waals surface area contributed by atoms with E-state index in [1.807, 2.05) is 26.8 Å². The second kappa shape index (κ2) is 11.6. The quantitative estimate of drug-likeness (QED) is 0.300. The second-order valence-electron chi connectivity index (χ2n) is 9.87. The first-order valence-electron chi connectivity index (χ1n) is 12.3. The maximum absolute atomic E-state index is 12.4. The molecule has 0 aliphatic carbocycles. The number of aromatic nitrogens is 2. The molecule has 1 fully saturated rings. The predicted molar refractivity (Wildman–Crippen MR) is 148 cm³/mol. The fourth-order valence-electron chi connectivity index (χ4n) is 3.91. The van der Waals surface area contributed by atoms with Crippen molar-refractivity contribution in [3.63, 3.8) is 0 Å². The van der Waals surface area contributed by atoms with Gasteiger partial charge in [-0.2, -0.15) is 4.98 Å². The zero-order chi connectivity index (χ0) is 29.0. The zero-order valence-corrected chi connectivity index (χ0v) is 22.8. The van der Waals surface area contributed by atoms with Crippen molar-refractivity contribution in [2.75, 3.05) is 36.4 Å². The summed E-state index contributed by atoms with van der Waals surface area (Å²) in [6.45, 7) is 7.60. The van der Waals surface area contributed by atoms with Crippen molar-refractivity contribution in [1.29, 1.82) is 0 Å². The second-order valence-corrected chi connectivity index (χ2v) is 10.3. The van der Waals surface area contributed by atoms with E-state index in [1.54, 1.807) is 17.0 Å². The molecule has 0 radical (unpaired) electrons. The standard InChI is InChI=1S/C26H28ClN7O6/c1-26(2,3)40-25(36)33-11-9-32(10-12-33)20-8-7-16(13-19(20)27)30-24-22(23(28)35)29-15-21(31-24)39-18-6-4-5-17(14-18)34(37)38/h4-8,13-15H,9-12H2,1-3H3,(H2,28,35)(H,30,31). The van der Waals surface area contributed by atoms with E-state index in [-0.39, 0.29) is 34.9 Å². The molecule has 0 atom stereocenters. The maximum atomic E-state index is 12.4. The number of nitrogens with one attached hydrogen (secondary N) is 1. The first-order chi connectivity index (χ1) is 18.9. The summed E-state index contributed by atoms with van der Waals surface area (Å²) in [6.07, 6.45) is 0.845. The zero-order valence-electron chi connectivity index (χ0n) is 22.1. The number of nitro groups is 1. The molecule has 3 aromatic rings. The molecule has 0 saturated carbocycles.